The minimum absolute atomic E-state index is 0.178. The molecule has 0 radical (unpaired) electrons. The van der Waals surface area contributed by atoms with Gasteiger partial charge in [0.15, 0.2) is 11.8 Å². The molecule has 0 spiro atoms. The molecule has 4 rings (SSSR count). The van der Waals surface area contributed by atoms with Crippen LogP contribution < -0.4 is 10.6 Å². The summed E-state index contributed by atoms with van der Waals surface area (Å²) in [5.41, 5.74) is 1.49. The Morgan fingerprint density at radius 3 is 2.96 bits per heavy atom. The van der Waals surface area contributed by atoms with Gasteiger partial charge in [-0.05, 0) is 43.9 Å². The Morgan fingerprint density at radius 2 is 2.19 bits per heavy atom. The van der Waals surface area contributed by atoms with Crippen molar-refractivity contribution in [3.63, 3.8) is 0 Å². The number of benzene rings is 1. The first kappa shape index (κ1) is 17.3. The normalized spacial score (nSPS) is 17.8. The molecule has 2 heterocycles. The highest BCUT2D eigenvalue weighted by molar-refractivity contribution is 6.30. The van der Waals surface area contributed by atoms with Gasteiger partial charge < -0.3 is 15.2 Å². The number of nitrogens with zero attached hydrogens (tertiary/aromatic N) is 4. The Morgan fingerprint density at radius 1 is 1.31 bits per heavy atom. The van der Waals surface area contributed by atoms with Gasteiger partial charge in [0.05, 0.1) is 0 Å². The molecule has 26 heavy (non-hydrogen) atoms. The summed E-state index contributed by atoms with van der Waals surface area (Å²) in [7, 11) is 0. The summed E-state index contributed by atoms with van der Waals surface area (Å²) in [6.45, 7) is 5.32. The second kappa shape index (κ2) is 7.27. The van der Waals surface area contributed by atoms with Gasteiger partial charge >= 0.3 is 0 Å². The van der Waals surface area contributed by atoms with Crippen LogP contribution in [-0.4, -0.2) is 33.8 Å². The third-order valence-corrected chi connectivity index (χ3v) is 5.53. The zero-order chi connectivity index (χ0) is 18.0. The number of fused-ring (bicyclic) bond motifs is 1. The first-order valence-electron chi connectivity index (χ1n) is 9.39. The van der Waals surface area contributed by atoms with Gasteiger partial charge in [0, 0.05) is 36.5 Å². The third kappa shape index (κ3) is 3.56. The quantitative estimate of drug-likeness (QED) is 0.604. The van der Waals surface area contributed by atoms with Gasteiger partial charge in [-0.25, -0.2) is 4.99 Å². The number of halogens is 1. The number of aryl methyl sites for hydroxylation is 1. The Balaban J connectivity index is 1.42. The number of hydrogen-bond donors (Lipinski definition) is 2. The molecule has 1 aromatic heterocycles. The van der Waals surface area contributed by atoms with Crippen LogP contribution in [0.4, 0.5) is 0 Å². The fourth-order valence-electron chi connectivity index (χ4n) is 3.61. The number of aliphatic imine (C=N–C) groups is 1. The molecule has 0 atom stereocenters. The maximum atomic E-state index is 6.17. The molecule has 2 N–H and O–H groups in total. The lowest BCUT2D eigenvalue weighted by Crippen LogP contribution is -2.41. The summed E-state index contributed by atoms with van der Waals surface area (Å²) >= 11 is 6.17. The number of rotatable bonds is 6. The first-order valence-corrected chi connectivity index (χ1v) is 9.77. The molecule has 0 amide bonds. The van der Waals surface area contributed by atoms with E-state index in [-0.39, 0.29) is 5.41 Å². The molecule has 0 bridgehead atoms. The van der Waals surface area contributed by atoms with Crippen LogP contribution in [0.3, 0.4) is 0 Å². The lowest BCUT2D eigenvalue weighted by Gasteiger charge is -2.19. The van der Waals surface area contributed by atoms with Crippen molar-refractivity contribution in [2.45, 2.75) is 51.1 Å². The van der Waals surface area contributed by atoms with Gasteiger partial charge in [-0.2, -0.15) is 0 Å². The van der Waals surface area contributed by atoms with Gasteiger partial charge in [0.2, 0.25) is 0 Å². The smallest absolute Gasteiger partial charge is 0.191 e. The van der Waals surface area contributed by atoms with Crippen molar-refractivity contribution in [3.8, 4) is 0 Å². The van der Waals surface area contributed by atoms with Crippen molar-refractivity contribution in [1.82, 2.24) is 25.4 Å². The average molecular weight is 373 g/mol. The van der Waals surface area contributed by atoms with Gasteiger partial charge in [-0.1, -0.05) is 23.7 Å². The third-order valence-electron chi connectivity index (χ3n) is 5.29. The van der Waals surface area contributed by atoms with Crippen LogP contribution in [0.1, 0.15) is 43.4 Å². The zero-order valence-corrected chi connectivity index (χ0v) is 15.9. The first-order chi connectivity index (χ1) is 12.7. The van der Waals surface area contributed by atoms with E-state index in [1.54, 1.807) is 0 Å². The standard InChI is InChI=1S/C19H25ClN6/c1-2-21-18(22-12-17-25-24-16-7-4-10-26(16)17)23-13-19(8-9-19)14-5-3-6-15(20)11-14/h3,5-6,11H,2,4,7-10,12-13H2,1H3,(H2,21,22,23). The molecule has 1 aliphatic carbocycles. The molecule has 1 aliphatic heterocycles. The van der Waals surface area contributed by atoms with Gasteiger partial charge in [-0.3, -0.25) is 0 Å². The Hall–Kier alpha value is -2.08. The van der Waals surface area contributed by atoms with Crippen LogP contribution in [-0.2, 0) is 24.9 Å². The highest BCUT2D eigenvalue weighted by atomic mass is 35.5. The van der Waals surface area contributed by atoms with Crippen molar-refractivity contribution >= 4 is 17.6 Å². The minimum atomic E-state index is 0.178. The zero-order valence-electron chi connectivity index (χ0n) is 15.1. The molecular formula is C19H25ClN6. The number of guanidine groups is 1. The highest BCUT2D eigenvalue weighted by Gasteiger charge is 2.44. The Labute approximate surface area is 159 Å². The maximum Gasteiger partial charge on any atom is 0.191 e. The van der Waals surface area contributed by atoms with E-state index in [1.807, 2.05) is 12.1 Å². The van der Waals surface area contributed by atoms with Crippen LogP contribution in [0.2, 0.25) is 5.02 Å². The summed E-state index contributed by atoms with van der Waals surface area (Å²) in [4.78, 5) is 4.72. The van der Waals surface area contributed by atoms with Crippen LogP contribution in [0.15, 0.2) is 29.3 Å². The average Bonchev–Trinajstić information content (AvgIpc) is 3.11. The maximum absolute atomic E-state index is 6.17. The Bertz CT molecular complexity index is 808. The van der Waals surface area contributed by atoms with Crippen molar-refractivity contribution in [2.75, 3.05) is 13.1 Å². The molecule has 1 saturated carbocycles. The molecule has 6 nitrogen and oxygen atoms in total. The van der Waals surface area contributed by atoms with Crippen LogP contribution >= 0.6 is 11.6 Å². The molecule has 2 aliphatic rings. The lowest BCUT2D eigenvalue weighted by molar-refractivity contribution is 0.642. The van der Waals surface area contributed by atoms with Gasteiger partial charge in [0.1, 0.15) is 12.4 Å². The van der Waals surface area contributed by atoms with Crippen molar-refractivity contribution in [1.29, 1.82) is 0 Å². The molecular weight excluding hydrogens is 348 g/mol. The molecule has 138 valence electrons. The summed E-state index contributed by atoms with van der Waals surface area (Å²) in [6.07, 6.45) is 4.54. The fraction of sp³-hybridized carbons (Fsp3) is 0.526. The molecule has 2 aromatic rings. The largest absolute Gasteiger partial charge is 0.357 e. The molecule has 7 heteroatoms. The van der Waals surface area contributed by atoms with E-state index < -0.39 is 0 Å². The van der Waals surface area contributed by atoms with Crippen molar-refractivity contribution < 1.29 is 0 Å². The molecule has 1 aromatic carbocycles. The van der Waals surface area contributed by atoms with Crippen LogP contribution in [0, 0.1) is 0 Å². The van der Waals surface area contributed by atoms with Gasteiger partial charge in [-0.15, -0.1) is 10.2 Å². The summed E-state index contributed by atoms with van der Waals surface area (Å²) < 4.78 is 2.20. The SMILES string of the molecule is CCNC(=NCc1nnc2n1CCC2)NCC1(c2cccc(Cl)c2)CC1. The molecule has 1 fully saturated rings. The van der Waals surface area contributed by atoms with E-state index in [2.05, 4.69) is 44.5 Å². The Kier molecular flexibility index (Phi) is 4.85. The predicted octanol–water partition coefficient (Wildman–Crippen LogP) is 2.66. The highest BCUT2D eigenvalue weighted by Crippen LogP contribution is 2.48. The van der Waals surface area contributed by atoms with E-state index in [9.17, 15) is 0 Å². The second-order valence-corrected chi connectivity index (χ2v) is 7.56. The van der Waals surface area contributed by atoms with Crippen molar-refractivity contribution in [3.05, 3.63) is 46.5 Å². The number of aromatic nitrogens is 3. The number of nitrogens with one attached hydrogen (secondary N) is 2. The number of hydrogen-bond acceptors (Lipinski definition) is 3. The summed E-state index contributed by atoms with van der Waals surface area (Å²) in [5.74, 6) is 2.87. The van der Waals surface area contributed by atoms with Crippen LogP contribution in [0.5, 0.6) is 0 Å². The monoisotopic (exact) mass is 372 g/mol. The van der Waals surface area contributed by atoms with E-state index in [0.29, 0.717) is 6.54 Å². The minimum Gasteiger partial charge on any atom is -0.357 e. The molecule has 0 saturated heterocycles. The predicted molar refractivity (Wildman–Crippen MR) is 104 cm³/mol. The second-order valence-electron chi connectivity index (χ2n) is 7.13. The molecule has 0 unspecified atom stereocenters. The topological polar surface area (TPSA) is 67.1 Å². The van der Waals surface area contributed by atoms with Gasteiger partial charge in [0.25, 0.3) is 0 Å². The van der Waals surface area contributed by atoms with Crippen LogP contribution in [0.25, 0.3) is 0 Å². The van der Waals surface area contributed by atoms with E-state index in [1.165, 1.54) is 18.4 Å². The van der Waals surface area contributed by atoms with E-state index >= 15 is 0 Å². The fourth-order valence-corrected chi connectivity index (χ4v) is 3.80. The lowest BCUT2D eigenvalue weighted by atomic mass is 9.96. The summed E-state index contributed by atoms with van der Waals surface area (Å²) in [5, 5.41) is 16.2. The van der Waals surface area contributed by atoms with E-state index in [0.717, 1.165) is 55.1 Å². The van der Waals surface area contributed by atoms with E-state index in [4.69, 9.17) is 16.6 Å². The van der Waals surface area contributed by atoms with Crippen molar-refractivity contribution in [2.24, 2.45) is 4.99 Å². The summed E-state index contributed by atoms with van der Waals surface area (Å²) in [6, 6.07) is 8.21.